The summed E-state index contributed by atoms with van der Waals surface area (Å²) in [6.45, 7) is 8.46. The highest BCUT2D eigenvalue weighted by Crippen LogP contribution is 2.29. The Bertz CT molecular complexity index is 505. The number of aromatic nitrogens is 2. The van der Waals surface area contributed by atoms with Crippen molar-refractivity contribution in [3.05, 3.63) is 12.7 Å². The van der Waals surface area contributed by atoms with E-state index < -0.39 is 0 Å². The Labute approximate surface area is 140 Å². The van der Waals surface area contributed by atoms with Gasteiger partial charge >= 0.3 is 0 Å². The van der Waals surface area contributed by atoms with Crippen molar-refractivity contribution in [2.75, 3.05) is 11.9 Å². The van der Waals surface area contributed by atoms with E-state index in [4.69, 9.17) is 0 Å². The minimum atomic E-state index is -0.158. The lowest BCUT2D eigenvalue weighted by Gasteiger charge is -2.30. The van der Waals surface area contributed by atoms with Crippen molar-refractivity contribution in [2.24, 2.45) is 5.92 Å². The molecule has 0 radical (unpaired) electrons. The van der Waals surface area contributed by atoms with Gasteiger partial charge in [-0.3, -0.25) is 4.79 Å². The molecule has 1 aliphatic rings. The second-order valence-corrected chi connectivity index (χ2v) is 8.25. The first-order chi connectivity index (χ1) is 10.6. The summed E-state index contributed by atoms with van der Waals surface area (Å²) in [6, 6.07) is 0.323. The van der Waals surface area contributed by atoms with E-state index in [0.29, 0.717) is 18.5 Å². The molecule has 7 heteroatoms. The van der Waals surface area contributed by atoms with Crippen LogP contribution in [0.2, 0.25) is 0 Å². The average molecular weight is 341 g/mol. The van der Waals surface area contributed by atoms with Gasteiger partial charge in [-0.25, -0.2) is 0 Å². The number of nitrogens with one attached hydrogen (secondary N) is 2. The van der Waals surface area contributed by atoms with Crippen LogP contribution in [0.3, 0.4) is 0 Å². The average Bonchev–Trinajstić information content (AvgIpc) is 2.94. The predicted molar refractivity (Wildman–Crippen MR) is 93.5 cm³/mol. The third kappa shape index (κ3) is 4.98. The highest BCUT2D eigenvalue weighted by molar-refractivity contribution is 8.02. The van der Waals surface area contributed by atoms with Gasteiger partial charge in [-0.2, -0.15) is 0 Å². The zero-order chi connectivity index (χ0) is 15.9. The maximum absolute atomic E-state index is 12.3. The Morgan fingerprint density at radius 3 is 3.00 bits per heavy atom. The summed E-state index contributed by atoms with van der Waals surface area (Å²) in [6.07, 6.45) is 6.57. The molecule has 0 bridgehead atoms. The van der Waals surface area contributed by atoms with Gasteiger partial charge in [0.2, 0.25) is 11.0 Å². The van der Waals surface area contributed by atoms with Crippen molar-refractivity contribution in [1.82, 2.24) is 15.5 Å². The Morgan fingerprint density at radius 2 is 2.27 bits per heavy atom. The molecule has 3 atom stereocenters. The van der Waals surface area contributed by atoms with E-state index >= 15 is 0 Å². The van der Waals surface area contributed by atoms with E-state index in [-0.39, 0.29) is 11.2 Å². The number of thioether (sulfide) groups is 1. The highest BCUT2D eigenvalue weighted by Gasteiger charge is 2.25. The molecule has 1 amide bonds. The highest BCUT2D eigenvalue weighted by atomic mass is 32.2. The number of rotatable bonds is 7. The first-order valence-electron chi connectivity index (χ1n) is 7.75. The Hall–Kier alpha value is -1.08. The van der Waals surface area contributed by atoms with Gasteiger partial charge < -0.3 is 10.6 Å². The van der Waals surface area contributed by atoms with Crippen molar-refractivity contribution >= 4 is 34.1 Å². The van der Waals surface area contributed by atoms with Crippen molar-refractivity contribution < 1.29 is 4.79 Å². The molecule has 0 unspecified atom stereocenters. The molecule has 0 saturated heterocycles. The largest absolute Gasteiger partial charge is 0.357 e. The van der Waals surface area contributed by atoms with Gasteiger partial charge in [-0.15, -0.1) is 16.8 Å². The monoisotopic (exact) mass is 340 g/mol. The number of hydrogen-bond donors (Lipinski definition) is 2. The lowest BCUT2D eigenvalue weighted by atomic mass is 9.86. The lowest BCUT2D eigenvalue weighted by molar-refractivity contribution is -0.121. The fourth-order valence-corrected chi connectivity index (χ4v) is 4.44. The summed E-state index contributed by atoms with van der Waals surface area (Å²) in [7, 11) is 0. The molecule has 1 fully saturated rings. The minimum absolute atomic E-state index is 0.0968. The molecule has 122 valence electrons. The van der Waals surface area contributed by atoms with Crippen LogP contribution in [0, 0.1) is 5.92 Å². The van der Waals surface area contributed by atoms with E-state index in [1.54, 1.807) is 6.08 Å². The number of carbonyl (C=O) groups is 1. The van der Waals surface area contributed by atoms with Gasteiger partial charge in [0.05, 0.1) is 5.25 Å². The number of amides is 1. The molecular weight excluding hydrogens is 316 g/mol. The fraction of sp³-hybridized carbons (Fsp3) is 0.667. The summed E-state index contributed by atoms with van der Waals surface area (Å²) >= 11 is 2.93. The molecule has 0 aromatic carbocycles. The van der Waals surface area contributed by atoms with Crippen LogP contribution in [0.5, 0.6) is 0 Å². The zero-order valence-corrected chi connectivity index (χ0v) is 14.8. The van der Waals surface area contributed by atoms with Gasteiger partial charge in [0.1, 0.15) is 0 Å². The van der Waals surface area contributed by atoms with E-state index in [2.05, 4.69) is 34.3 Å². The second kappa shape index (κ2) is 8.53. The topological polar surface area (TPSA) is 66.9 Å². The molecule has 1 heterocycles. The summed E-state index contributed by atoms with van der Waals surface area (Å²) in [5, 5.41) is 15.1. The van der Waals surface area contributed by atoms with Crippen molar-refractivity contribution in [2.45, 2.75) is 55.2 Å². The molecule has 1 saturated carbocycles. The van der Waals surface area contributed by atoms with Gasteiger partial charge in [0.15, 0.2) is 4.34 Å². The quantitative estimate of drug-likeness (QED) is 0.589. The normalized spacial score (nSPS) is 22.8. The lowest BCUT2D eigenvalue weighted by Crippen LogP contribution is -2.44. The molecule has 0 aliphatic heterocycles. The van der Waals surface area contributed by atoms with Crippen LogP contribution >= 0.6 is 23.1 Å². The number of nitrogens with zero attached hydrogens (tertiary/aromatic N) is 2. The van der Waals surface area contributed by atoms with E-state index in [0.717, 1.165) is 15.9 Å². The Kier molecular flexibility index (Phi) is 6.70. The predicted octanol–water partition coefficient (Wildman–Crippen LogP) is 3.31. The maximum Gasteiger partial charge on any atom is 0.233 e. The maximum atomic E-state index is 12.3. The van der Waals surface area contributed by atoms with Crippen molar-refractivity contribution in [1.29, 1.82) is 0 Å². The fourth-order valence-electron chi connectivity index (χ4n) is 2.52. The van der Waals surface area contributed by atoms with Crippen LogP contribution in [-0.4, -0.2) is 33.9 Å². The molecule has 1 aliphatic carbocycles. The smallest absolute Gasteiger partial charge is 0.233 e. The summed E-state index contributed by atoms with van der Waals surface area (Å²) in [4.78, 5) is 12.3. The zero-order valence-electron chi connectivity index (χ0n) is 13.2. The van der Waals surface area contributed by atoms with Crippen LogP contribution in [0.15, 0.2) is 17.0 Å². The molecule has 1 aromatic heterocycles. The van der Waals surface area contributed by atoms with Gasteiger partial charge in [-0.05, 0) is 25.7 Å². The van der Waals surface area contributed by atoms with Gasteiger partial charge in [0.25, 0.3) is 0 Å². The Balaban J connectivity index is 1.82. The van der Waals surface area contributed by atoms with Gasteiger partial charge in [0, 0.05) is 12.6 Å². The molecule has 5 nitrogen and oxygen atoms in total. The number of anilines is 1. The third-order valence-corrected chi connectivity index (χ3v) is 5.96. The molecule has 0 spiro atoms. The number of carbonyl (C=O) groups excluding carboxylic acids is 1. The molecule has 22 heavy (non-hydrogen) atoms. The van der Waals surface area contributed by atoms with Crippen LogP contribution in [0.25, 0.3) is 0 Å². The standard InChI is InChI=1S/C15H24N4OS2/c1-4-9-16-14-18-19-15(22-14)21-11(3)13(20)17-12-8-6-5-7-10(12)2/h4,10-12H,1,5-9H2,2-3H3,(H,16,18)(H,17,20)/t10-,11-,12-/m1/s1. The van der Waals surface area contributed by atoms with Crippen LogP contribution < -0.4 is 10.6 Å². The molecular formula is C15H24N4OS2. The second-order valence-electron chi connectivity index (χ2n) is 5.68. The van der Waals surface area contributed by atoms with E-state index in [9.17, 15) is 4.79 Å². The molecule has 2 rings (SSSR count). The first-order valence-corrected chi connectivity index (χ1v) is 9.45. The summed E-state index contributed by atoms with van der Waals surface area (Å²) < 4.78 is 0.811. The SMILES string of the molecule is C=CCNc1nnc(S[C@H](C)C(=O)N[C@@H]2CCCC[C@H]2C)s1. The van der Waals surface area contributed by atoms with Gasteiger partial charge in [-0.1, -0.05) is 48.9 Å². The molecule has 1 aromatic rings. The van der Waals surface area contributed by atoms with E-state index in [1.165, 1.54) is 42.4 Å². The van der Waals surface area contributed by atoms with Crippen molar-refractivity contribution in [3.8, 4) is 0 Å². The Morgan fingerprint density at radius 1 is 1.50 bits per heavy atom. The first kappa shape index (κ1) is 17.3. The third-order valence-electron chi connectivity index (χ3n) is 3.89. The van der Waals surface area contributed by atoms with Crippen LogP contribution in [0.4, 0.5) is 5.13 Å². The van der Waals surface area contributed by atoms with Crippen LogP contribution in [-0.2, 0) is 4.79 Å². The molecule has 2 N–H and O–H groups in total. The van der Waals surface area contributed by atoms with E-state index in [1.807, 2.05) is 6.92 Å². The summed E-state index contributed by atoms with van der Waals surface area (Å²) in [5.41, 5.74) is 0. The summed E-state index contributed by atoms with van der Waals surface area (Å²) in [5.74, 6) is 0.672. The number of hydrogen-bond acceptors (Lipinski definition) is 6. The minimum Gasteiger partial charge on any atom is -0.357 e. The van der Waals surface area contributed by atoms with Crippen LogP contribution in [0.1, 0.15) is 39.5 Å². The van der Waals surface area contributed by atoms with Crippen molar-refractivity contribution in [3.63, 3.8) is 0 Å².